The quantitative estimate of drug-likeness (QED) is 0.844. The lowest BCUT2D eigenvalue weighted by Crippen LogP contribution is -2.47. The Hall–Kier alpha value is -2.06. The van der Waals surface area contributed by atoms with Gasteiger partial charge in [0.15, 0.2) is 0 Å². The fourth-order valence-corrected chi connectivity index (χ4v) is 2.42. The molecule has 0 aliphatic carbocycles. The summed E-state index contributed by atoms with van der Waals surface area (Å²) in [6, 6.07) is 8.70. The number of carbonyl (C=O) groups excluding carboxylic acids is 1. The number of likely N-dealkylation sites (N-methyl/N-ethyl adjacent to an activating group) is 1. The van der Waals surface area contributed by atoms with Crippen molar-refractivity contribution in [3.63, 3.8) is 0 Å². The van der Waals surface area contributed by atoms with Gasteiger partial charge in [-0.1, -0.05) is 12.1 Å². The summed E-state index contributed by atoms with van der Waals surface area (Å²) in [6.45, 7) is 1.07. The summed E-state index contributed by atoms with van der Waals surface area (Å²) in [5.41, 5.74) is 1.24. The van der Waals surface area contributed by atoms with Crippen molar-refractivity contribution < 1.29 is 9.90 Å². The first-order chi connectivity index (χ1) is 9.19. The Labute approximate surface area is 112 Å². The van der Waals surface area contributed by atoms with E-state index in [4.69, 9.17) is 5.26 Å². The highest BCUT2D eigenvalue weighted by Gasteiger charge is 2.31. The summed E-state index contributed by atoms with van der Waals surface area (Å²) in [6.07, 6.45) is 0.818. The molecule has 1 amide bonds. The second-order valence-electron chi connectivity index (χ2n) is 4.63. The fraction of sp³-hybridized carbons (Fsp3) is 0.429. The highest BCUT2D eigenvalue weighted by Crippen LogP contribution is 2.24. The average molecular weight is 259 g/mol. The van der Waals surface area contributed by atoms with Crippen molar-refractivity contribution in [3.05, 3.63) is 29.8 Å². The highest BCUT2D eigenvalue weighted by molar-refractivity contribution is 5.86. The molecule has 1 heterocycles. The molecule has 1 aliphatic rings. The van der Waals surface area contributed by atoms with E-state index in [9.17, 15) is 9.90 Å². The van der Waals surface area contributed by atoms with Crippen molar-refractivity contribution in [3.8, 4) is 6.07 Å². The normalized spacial score (nSPS) is 20.1. The van der Waals surface area contributed by atoms with Gasteiger partial charge in [0.05, 0.1) is 17.9 Å². The molecule has 0 spiro atoms. The molecular weight excluding hydrogens is 242 g/mol. The van der Waals surface area contributed by atoms with Crippen LogP contribution in [0.15, 0.2) is 24.3 Å². The number of para-hydroxylation sites is 1. The van der Waals surface area contributed by atoms with Crippen LogP contribution in [0.1, 0.15) is 12.0 Å². The Balaban J connectivity index is 2.41. The molecule has 0 aromatic heterocycles. The predicted octanol–water partition coefficient (Wildman–Crippen LogP) is 0.588. The van der Waals surface area contributed by atoms with Crippen molar-refractivity contribution in [1.29, 1.82) is 5.26 Å². The number of hydrogen-bond donors (Lipinski definition) is 1. The molecule has 0 saturated carbocycles. The molecule has 0 bridgehead atoms. The average Bonchev–Trinajstić information content (AvgIpc) is 2.58. The molecule has 1 aromatic rings. The summed E-state index contributed by atoms with van der Waals surface area (Å²) in [7, 11) is 1.74. The van der Waals surface area contributed by atoms with E-state index in [1.54, 1.807) is 24.1 Å². The lowest BCUT2D eigenvalue weighted by atomic mass is 10.1. The van der Waals surface area contributed by atoms with Gasteiger partial charge in [0.25, 0.3) is 0 Å². The number of anilines is 1. The van der Waals surface area contributed by atoms with Gasteiger partial charge in [0.2, 0.25) is 5.91 Å². The molecule has 1 atom stereocenters. The van der Waals surface area contributed by atoms with Crippen molar-refractivity contribution in [2.24, 2.45) is 0 Å². The van der Waals surface area contributed by atoms with Gasteiger partial charge in [0.1, 0.15) is 12.1 Å². The smallest absolute Gasteiger partial charge is 0.247 e. The summed E-state index contributed by atoms with van der Waals surface area (Å²) >= 11 is 0. The Morgan fingerprint density at radius 3 is 2.84 bits per heavy atom. The number of carbonyl (C=O) groups is 1. The predicted molar refractivity (Wildman–Crippen MR) is 71.6 cm³/mol. The van der Waals surface area contributed by atoms with Crippen LogP contribution in [0.4, 0.5) is 5.69 Å². The Kier molecular flexibility index (Phi) is 4.03. The third-order valence-corrected chi connectivity index (χ3v) is 3.44. The zero-order valence-electron chi connectivity index (χ0n) is 10.9. The monoisotopic (exact) mass is 259 g/mol. The zero-order chi connectivity index (χ0) is 13.8. The molecule has 2 rings (SSSR count). The molecule has 1 fully saturated rings. The number of nitrogens with zero attached hydrogens (tertiary/aromatic N) is 3. The van der Waals surface area contributed by atoms with Gasteiger partial charge in [-0.3, -0.25) is 4.79 Å². The van der Waals surface area contributed by atoms with Crippen molar-refractivity contribution in [1.82, 2.24) is 4.90 Å². The van der Waals surface area contributed by atoms with Gasteiger partial charge in [-0.05, 0) is 18.6 Å². The molecular formula is C14H17N3O2. The lowest BCUT2D eigenvalue weighted by Gasteiger charge is -2.30. The van der Waals surface area contributed by atoms with Gasteiger partial charge >= 0.3 is 0 Å². The summed E-state index contributed by atoms with van der Waals surface area (Å²) < 4.78 is 0. The van der Waals surface area contributed by atoms with E-state index in [2.05, 4.69) is 6.07 Å². The van der Waals surface area contributed by atoms with Gasteiger partial charge in [-0.25, -0.2) is 0 Å². The second kappa shape index (κ2) is 5.72. The number of nitriles is 1. The lowest BCUT2D eigenvalue weighted by molar-refractivity contribution is -0.131. The molecule has 1 unspecified atom stereocenters. The molecule has 1 aliphatic heterocycles. The first-order valence-corrected chi connectivity index (χ1v) is 6.30. The van der Waals surface area contributed by atoms with Crippen LogP contribution in [0.3, 0.4) is 0 Å². The first kappa shape index (κ1) is 13.4. The van der Waals surface area contributed by atoms with Gasteiger partial charge < -0.3 is 14.9 Å². The van der Waals surface area contributed by atoms with Gasteiger partial charge in [-0.15, -0.1) is 0 Å². The number of hydrogen-bond acceptors (Lipinski definition) is 4. The minimum absolute atomic E-state index is 0.104. The Morgan fingerprint density at radius 2 is 2.16 bits per heavy atom. The zero-order valence-corrected chi connectivity index (χ0v) is 10.9. The summed E-state index contributed by atoms with van der Waals surface area (Å²) in [5, 5.41) is 18.7. The molecule has 1 saturated heterocycles. The molecule has 0 radical (unpaired) electrons. The second-order valence-corrected chi connectivity index (χ2v) is 4.63. The van der Waals surface area contributed by atoms with E-state index >= 15 is 0 Å². The Bertz CT molecular complexity index is 510. The van der Waals surface area contributed by atoms with E-state index in [0.29, 0.717) is 24.3 Å². The summed E-state index contributed by atoms with van der Waals surface area (Å²) in [5.74, 6) is -0.104. The number of aliphatic hydroxyl groups excluding tert-OH is 1. The molecule has 5 nitrogen and oxygen atoms in total. The van der Waals surface area contributed by atoms with E-state index in [1.165, 1.54) is 0 Å². The van der Waals surface area contributed by atoms with Crippen molar-refractivity contribution in [2.75, 3.05) is 31.6 Å². The minimum atomic E-state index is -0.609. The van der Waals surface area contributed by atoms with Crippen LogP contribution in [0.5, 0.6) is 0 Å². The van der Waals surface area contributed by atoms with E-state index in [0.717, 1.165) is 6.42 Å². The summed E-state index contributed by atoms with van der Waals surface area (Å²) in [4.78, 5) is 15.7. The third-order valence-electron chi connectivity index (χ3n) is 3.44. The maximum Gasteiger partial charge on any atom is 0.247 e. The van der Waals surface area contributed by atoms with Gasteiger partial charge in [-0.2, -0.15) is 5.26 Å². The van der Waals surface area contributed by atoms with Crippen LogP contribution in [-0.4, -0.2) is 48.7 Å². The Morgan fingerprint density at radius 1 is 1.42 bits per heavy atom. The van der Waals surface area contributed by atoms with Crippen molar-refractivity contribution in [2.45, 2.75) is 12.5 Å². The maximum atomic E-state index is 12.2. The van der Waals surface area contributed by atoms with Crippen LogP contribution >= 0.6 is 0 Å². The van der Waals surface area contributed by atoms with Crippen LogP contribution in [0.2, 0.25) is 0 Å². The van der Waals surface area contributed by atoms with E-state index in [1.807, 2.05) is 17.0 Å². The molecule has 19 heavy (non-hydrogen) atoms. The van der Waals surface area contributed by atoms with Crippen LogP contribution in [0.25, 0.3) is 0 Å². The highest BCUT2D eigenvalue weighted by atomic mass is 16.3. The minimum Gasteiger partial charge on any atom is -0.394 e. The third kappa shape index (κ3) is 2.54. The number of amides is 1. The van der Waals surface area contributed by atoms with Crippen molar-refractivity contribution >= 4 is 11.6 Å². The molecule has 1 aromatic carbocycles. The SMILES string of the molecule is CN1CCCN(c2ccccc2C#N)C(CO)C1=O. The maximum absolute atomic E-state index is 12.2. The van der Waals surface area contributed by atoms with E-state index in [-0.39, 0.29) is 12.5 Å². The molecule has 1 N–H and O–H groups in total. The number of aliphatic hydroxyl groups is 1. The standard InChI is InChI=1S/C14H17N3O2/c1-16-7-4-8-17(13(10-18)14(16)19)12-6-3-2-5-11(12)9-15/h2-3,5-6,13,18H,4,7-8,10H2,1H3. The van der Waals surface area contributed by atoms with Gasteiger partial charge in [0, 0.05) is 20.1 Å². The molecule has 5 heteroatoms. The topological polar surface area (TPSA) is 67.6 Å². The number of benzene rings is 1. The molecule has 100 valence electrons. The van der Waals surface area contributed by atoms with Crippen LogP contribution in [-0.2, 0) is 4.79 Å². The van der Waals surface area contributed by atoms with Crippen LogP contribution < -0.4 is 4.90 Å². The largest absolute Gasteiger partial charge is 0.394 e. The first-order valence-electron chi connectivity index (χ1n) is 6.30. The number of rotatable bonds is 2. The fourth-order valence-electron chi connectivity index (χ4n) is 2.42. The van der Waals surface area contributed by atoms with E-state index < -0.39 is 6.04 Å². The van der Waals surface area contributed by atoms with Crippen LogP contribution in [0, 0.1) is 11.3 Å².